The van der Waals surface area contributed by atoms with E-state index in [1.54, 1.807) is 18.8 Å². The van der Waals surface area contributed by atoms with Gasteiger partial charge in [-0.15, -0.1) is 11.8 Å². The van der Waals surface area contributed by atoms with Crippen molar-refractivity contribution in [2.24, 2.45) is 0 Å². The minimum absolute atomic E-state index is 0.0439. The predicted octanol–water partition coefficient (Wildman–Crippen LogP) is 3.63. The summed E-state index contributed by atoms with van der Waals surface area (Å²) in [5, 5.41) is 2.80. The molecule has 0 unspecified atom stereocenters. The highest BCUT2D eigenvalue weighted by Gasteiger charge is 2.13. The first-order valence-corrected chi connectivity index (χ1v) is 9.34. The molecule has 0 bridgehead atoms. The van der Waals surface area contributed by atoms with Crippen molar-refractivity contribution in [1.29, 1.82) is 0 Å². The summed E-state index contributed by atoms with van der Waals surface area (Å²) in [6, 6.07) is 15.7. The lowest BCUT2D eigenvalue weighted by Crippen LogP contribution is -2.36. The second-order valence-electron chi connectivity index (χ2n) is 6.08. The average Bonchev–Trinajstić information content (AvgIpc) is 2.58. The number of benzene rings is 2. The Morgan fingerprint density at radius 1 is 1.04 bits per heavy atom. The van der Waals surface area contributed by atoms with E-state index in [1.165, 1.54) is 16.0 Å². The molecule has 0 saturated heterocycles. The molecule has 0 aromatic heterocycles. The Labute approximate surface area is 153 Å². The van der Waals surface area contributed by atoms with E-state index in [-0.39, 0.29) is 18.4 Å². The van der Waals surface area contributed by atoms with Gasteiger partial charge in [0.2, 0.25) is 11.8 Å². The van der Waals surface area contributed by atoms with Crippen molar-refractivity contribution in [3.8, 4) is 0 Å². The van der Waals surface area contributed by atoms with Gasteiger partial charge in [-0.25, -0.2) is 0 Å². The number of rotatable bonds is 7. The molecule has 2 aromatic carbocycles. The maximum absolute atomic E-state index is 12.2. The molecule has 0 radical (unpaired) electrons. The van der Waals surface area contributed by atoms with Gasteiger partial charge in [-0.1, -0.05) is 42.0 Å². The van der Waals surface area contributed by atoms with Gasteiger partial charge in [-0.2, -0.15) is 0 Å². The second-order valence-corrected chi connectivity index (χ2v) is 7.07. The molecule has 0 fully saturated rings. The molecule has 0 atom stereocenters. The number of carbonyl (C=O) groups excluding carboxylic acids is 2. The van der Waals surface area contributed by atoms with Gasteiger partial charge in [-0.05, 0) is 37.1 Å². The molecular weight excluding hydrogens is 332 g/mol. The largest absolute Gasteiger partial charge is 0.336 e. The lowest BCUT2D eigenvalue weighted by atomic mass is 10.1. The quantitative estimate of drug-likeness (QED) is 0.824. The molecule has 0 saturated carbocycles. The molecule has 4 nitrogen and oxygen atoms in total. The van der Waals surface area contributed by atoms with Crippen LogP contribution < -0.4 is 5.32 Å². The smallest absolute Gasteiger partial charge is 0.243 e. The van der Waals surface area contributed by atoms with Crippen LogP contribution in [0.15, 0.2) is 48.5 Å². The van der Waals surface area contributed by atoms with Crippen LogP contribution in [0.4, 0.5) is 5.69 Å². The molecule has 0 aliphatic carbocycles. The number of nitrogens with zero attached hydrogens (tertiary/aromatic N) is 1. The van der Waals surface area contributed by atoms with E-state index in [0.717, 1.165) is 17.0 Å². The van der Waals surface area contributed by atoms with Crippen LogP contribution in [0.25, 0.3) is 0 Å². The van der Waals surface area contributed by atoms with E-state index in [4.69, 9.17) is 0 Å². The number of hydrogen-bond donors (Lipinski definition) is 1. The third-order valence-corrected chi connectivity index (χ3v) is 4.85. The predicted molar refractivity (Wildman–Crippen MR) is 105 cm³/mol. The van der Waals surface area contributed by atoms with E-state index < -0.39 is 0 Å². The summed E-state index contributed by atoms with van der Waals surface area (Å²) in [6.07, 6.45) is 0. The van der Waals surface area contributed by atoms with Crippen molar-refractivity contribution in [2.45, 2.75) is 19.6 Å². The van der Waals surface area contributed by atoms with E-state index in [1.807, 2.05) is 43.3 Å². The summed E-state index contributed by atoms with van der Waals surface area (Å²) >= 11 is 1.57. The zero-order chi connectivity index (χ0) is 18.2. The first kappa shape index (κ1) is 19.1. The Morgan fingerprint density at radius 3 is 2.40 bits per heavy atom. The summed E-state index contributed by atoms with van der Waals surface area (Å²) in [6.45, 7) is 4.11. The van der Waals surface area contributed by atoms with Crippen LogP contribution in [0.3, 0.4) is 0 Å². The lowest BCUT2D eigenvalue weighted by Gasteiger charge is -2.17. The number of anilines is 1. The van der Waals surface area contributed by atoms with Crippen molar-refractivity contribution in [1.82, 2.24) is 4.90 Å². The van der Waals surface area contributed by atoms with E-state index in [0.29, 0.717) is 5.75 Å². The van der Waals surface area contributed by atoms with Gasteiger partial charge in [0.15, 0.2) is 0 Å². The van der Waals surface area contributed by atoms with Crippen LogP contribution in [0.2, 0.25) is 0 Å². The number of hydrogen-bond acceptors (Lipinski definition) is 3. The molecule has 0 aliphatic heterocycles. The molecule has 2 amide bonds. The van der Waals surface area contributed by atoms with Crippen LogP contribution in [0.5, 0.6) is 0 Å². The van der Waals surface area contributed by atoms with E-state index >= 15 is 0 Å². The Kier molecular flexibility index (Phi) is 7.07. The molecule has 0 aliphatic rings. The summed E-state index contributed by atoms with van der Waals surface area (Å²) in [4.78, 5) is 25.7. The zero-order valence-electron chi connectivity index (χ0n) is 14.9. The Hall–Kier alpha value is -2.27. The lowest BCUT2D eigenvalue weighted by molar-refractivity contribution is -0.131. The van der Waals surface area contributed by atoms with Crippen molar-refractivity contribution in [2.75, 3.05) is 24.7 Å². The fourth-order valence-electron chi connectivity index (χ4n) is 2.27. The fourth-order valence-corrected chi connectivity index (χ4v) is 3.31. The summed E-state index contributed by atoms with van der Waals surface area (Å²) < 4.78 is 0. The number of carbonyl (C=O) groups is 2. The molecule has 5 heteroatoms. The highest BCUT2D eigenvalue weighted by atomic mass is 32.2. The van der Waals surface area contributed by atoms with Crippen LogP contribution >= 0.6 is 11.8 Å². The van der Waals surface area contributed by atoms with Crippen LogP contribution in [-0.4, -0.2) is 36.1 Å². The van der Waals surface area contributed by atoms with Crippen molar-refractivity contribution in [3.05, 3.63) is 65.2 Å². The van der Waals surface area contributed by atoms with Gasteiger partial charge in [0.05, 0.1) is 12.3 Å². The molecule has 1 N–H and O–H groups in total. The van der Waals surface area contributed by atoms with Gasteiger partial charge in [0.25, 0.3) is 0 Å². The standard InChI is InChI=1S/C20H24N2O2S/c1-15-8-10-18(11-9-15)21-19(23)12-22(3)20(24)14-25-13-17-7-5-4-6-16(17)2/h4-11H,12-14H2,1-3H3,(H,21,23). The van der Waals surface area contributed by atoms with Crippen LogP contribution in [-0.2, 0) is 15.3 Å². The Bertz CT molecular complexity index is 729. The number of amides is 2. The van der Waals surface area contributed by atoms with Crippen LogP contribution in [0, 0.1) is 13.8 Å². The maximum atomic E-state index is 12.2. The number of likely N-dealkylation sites (N-methyl/N-ethyl adjacent to an activating group) is 1. The van der Waals surface area contributed by atoms with Crippen molar-refractivity contribution >= 4 is 29.3 Å². The third-order valence-electron chi connectivity index (χ3n) is 3.89. The molecule has 25 heavy (non-hydrogen) atoms. The monoisotopic (exact) mass is 356 g/mol. The second kappa shape index (κ2) is 9.28. The number of thioether (sulfide) groups is 1. The first-order valence-electron chi connectivity index (χ1n) is 8.18. The summed E-state index contributed by atoms with van der Waals surface area (Å²) in [5.74, 6) is 0.922. The minimum Gasteiger partial charge on any atom is -0.336 e. The molecule has 2 rings (SSSR count). The molecular formula is C20H24N2O2S. The molecule has 0 spiro atoms. The fraction of sp³-hybridized carbons (Fsp3) is 0.300. The highest BCUT2D eigenvalue weighted by molar-refractivity contribution is 7.99. The molecule has 132 valence electrons. The molecule has 0 heterocycles. The van der Waals surface area contributed by atoms with Gasteiger partial charge in [0.1, 0.15) is 0 Å². The minimum atomic E-state index is -0.191. The summed E-state index contributed by atoms with van der Waals surface area (Å²) in [7, 11) is 1.66. The van der Waals surface area contributed by atoms with Crippen molar-refractivity contribution in [3.63, 3.8) is 0 Å². The van der Waals surface area contributed by atoms with E-state index in [9.17, 15) is 9.59 Å². The number of aryl methyl sites for hydroxylation is 2. The zero-order valence-corrected chi connectivity index (χ0v) is 15.7. The first-order chi connectivity index (χ1) is 12.0. The normalized spacial score (nSPS) is 10.4. The summed E-state index contributed by atoms with van der Waals surface area (Å²) in [5.41, 5.74) is 4.34. The van der Waals surface area contributed by atoms with Crippen molar-refractivity contribution < 1.29 is 9.59 Å². The van der Waals surface area contributed by atoms with E-state index in [2.05, 4.69) is 24.4 Å². The Morgan fingerprint density at radius 2 is 1.72 bits per heavy atom. The third kappa shape index (κ3) is 6.27. The van der Waals surface area contributed by atoms with Crippen LogP contribution in [0.1, 0.15) is 16.7 Å². The van der Waals surface area contributed by atoms with Gasteiger partial charge in [-0.3, -0.25) is 9.59 Å². The van der Waals surface area contributed by atoms with Gasteiger partial charge >= 0.3 is 0 Å². The topological polar surface area (TPSA) is 49.4 Å². The number of nitrogens with one attached hydrogen (secondary N) is 1. The Balaban J connectivity index is 1.74. The van der Waals surface area contributed by atoms with Gasteiger partial charge in [0, 0.05) is 18.5 Å². The maximum Gasteiger partial charge on any atom is 0.243 e. The molecule has 2 aromatic rings. The highest BCUT2D eigenvalue weighted by Crippen LogP contribution is 2.16. The van der Waals surface area contributed by atoms with Gasteiger partial charge < -0.3 is 10.2 Å². The SMILES string of the molecule is Cc1ccc(NC(=O)CN(C)C(=O)CSCc2ccccc2C)cc1. The average molecular weight is 356 g/mol.